The van der Waals surface area contributed by atoms with Crippen molar-refractivity contribution < 1.29 is 17.7 Å². The maximum Gasteiger partial charge on any atom is 0.416 e. The van der Waals surface area contributed by atoms with Crippen molar-refractivity contribution in [3.8, 4) is 17.1 Å². The zero-order chi connectivity index (χ0) is 22.5. The average Bonchev–Trinajstić information content (AvgIpc) is 2.99. The number of halogens is 3. The van der Waals surface area contributed by atoms with Crippen LogP contribution >= 0.6 is 0 Å². The fourth-order valence-electron chi connectivity index (χ4n) is 4.39. The second-order valence-corrected chi connectivity index (χ2v) is 8.40. The Labute approximate surface area is 180 Å². The number of hydrogen-bond acceptors (Lipinski definition) is 0. The van der Waals surface area contributed by atoms with E-state index in [2.05, 4.69) is 54.2 Å². The summed E-state index contributed by atoms with van der Waals surface area (Å²) in [5, 5.41) is 0. The van der Waals surface area contributed by atoms with Crippen molar-refractivity contribution in [1.82, 2.24) is 4.57 Å². The van der Waals surface area contributed by atoms with Gasteiger partial charge in [-0.1, -0.05) is 44.2 Å². The molecule has 5 heteroatoms. The highest BCUT2D eigenvalue weighted by Gasteiger charge is 2.33. The van der Waals surface area contributed by atoms with Gasteiger partial charge in [-0.15, -0.1) is 0 Å². The first-order chi connectivity index (χ1) is 14.6. The number of rotatable bonds is 3. The molecule has 0 aliphatic carbocycles. The molecule has 0 amide bonds. The normalized spacial score (nSPS) is 12.2. The Kier molecular flexibility index (Phi) is 5.16. The molecule has 0 radical (unpaired) electrons. The van der Waals surface area contributed by atoms with Crippen LogP contribution in [0, 0.1) is 13.8 Å². The van der Waals surface area contributed by atoms with Crippen molar-refractivity contribution in [3.63, 3.8) is 0 Å². The van der Waals surface area contributed by atoms with Gasteiger partial charge in [0.1, 0.15) is 5.69 Å². The monoisotopic (exact) mass is 423 g/mol. The maximum absolute atomic E-state index is 13.3. The van der Waals surface area contributed by atoms with Crippen LogP contribution in [0.25, 0.3) is 28.1 Å². The van der Waals surface area contributed by atoms with Gasteiger partial charge in [-0.05, 0) is 61.2 Å². The molecular formula is C26H26F3N2+. The Balaban J connectivity index is 2.12. The van der Waals surface area contributed by atoms with Crippen LogP contribution in [-0.2, 0) is 13.2 Å². The molecule has 0 unspecified atom stereocenters. The Morgan fingerprint density at radius 3 is 2.23 bits per heavy atom. The third kappa shape index (κ3) is 3.52. The molecule has 0 bridgehead atoms. The van der Waals surface area contributed by atoms with Gasteiger partial charge >= 0.3 is 6.18 Å². The number of nitrogens with zero attached hydrogens (tertiary/aromatic N) is 2. The van der Waals surface area contributed by atoms with Crippen LogP contribution in [0.1, 0.15) is 42.0 Å². The second-order valence-electron chi connectivity index (χ2n) is 8.40. The number of fused-ring (bicyclic) bond motifs is 1. The highest BCUT2D eigenvalue weighted by molar-refractivity contribution is 5.80. The van der Waals surface area contributed by atoms with E-state index in [9.17, 15) is 13.2 Å². The summed E-state index contributed by atoms with van der Waals surface area (Å²) in [6.45, 7) is 8.15. The van der Waals surface area contributed by atoms with E-state index in [-0.39, 0.29) is 0 Å². The quantitative estimate of drug-likeness (QED) is 0.318. The van der Waals surface area contributed by atoms with Crippen molar-refractivity contribution in [1.29, 1.82) is 0 Å². The van der Waals surface area contributed by atoms with Crippen molar-refractivity contribution in [2.75, 3.05) is 0 Å². The molecule has 2 nitrogen and oxygen atoms in total. The highest BCUT2D eigenvalue weighted by atomic mass is 19.4. The Morgan fingerprint density at radius 2 is 1.58 bits per heavy atom. The second kappa shape index (κ2) is 7.56. The Bertz CT molecular complexity index is 1280. The molecule has 3 aromatic carbocycles. The molecule has 0 atom stereocenters. The minimum absolute atomic E-state index is 0.294. The third-order valence-corrected chi connectivity index (χ3v) is 5.92. The lowest BCUT2D eigenvalue weighted by Gasteiger charge is -2.15. The number of hydrogen-bond donors (Lipinski definition) is 0. The fourth-order valence-corrected chi connectivity index (χ4v) is 4.39. The molecule has 4 aromatic rings. The summed E-state index contributed by atoms with van der Waals surface area (Å²) in [5.74, 6) is 1.16. The van der Waals surface area contributed by atoms with E-state index in [4.69, 9.17) is 0 Å². The highest BCUT2D eigenvalue weighted by Crippen LogP contribution is 2.36. The van der Waals surface area contributed by atoms with Gasteiger partial charge in [0.05, 0.1) is 18.2 Å². The Hall–Kier alpha value is -3.08. The van der Waals surface area contributed by atoms with Crippen molar-refractivity contribution in [3.05, 3.63) is 82.9 Å². The number of aromatic nitrogens is 2. The lowest BCUT2D eigenvalue weighted by atomic mass is 9.97. The van der Waals surface area contributed by atoms with Gasteiger partial charge < -0.3 is 0 Å². The van der Waals surface area contributed by atoms with E-state index in [0.717, 1.165) is 33.7 Å². The molecule has 1 aromatic heterocycles. The molecule has 0 spiro atoms. The molecule has 160 valence electrons. The molecule has 31 heavy (non-hydrogen) atoms. The summed E-state index contributed by atoms with van der Waals surface area (Å²) in [7, 11) is 1.97. The van der Waals surface area contributed by atoms with Gasteiger partial charge in [-0.2, -0.15) is 17.7 Å². The summed E-state index contributed by atoms with van der Waals surface area (Å²) < 4.78 is 44.1. The van der Waals surface area contributed by atoms with Crippen LogP contribution < -0.4 is 4.57 Å². The van der Waals surface area contributed by atoms with Gasteiger partial charge in [-0.25, -0.2) is 4.57 Å². The van der Waals surface area contributed by atoms with E-state index < -0.39 is 11.7 Å². The summed E-state index contributed by atoms with van der Waals surface area (Å²) in [6.07, 6.45) is -4.36. The molecule has 0 fully saturated rings. The maximum atomic E-state index is 13.3. The lowest BCUT2D eigenvalue weighted by Crippen LogP contribution is -2.30. The molecule has 4 rings (SSSR count). The van der Waals surface area contributed by atoms with E-state index in [1.165, 1.54) is 17.7 Å². The smallest absolute Gasteiger partial charge is 0.225 e. The first-order valence-corrected chi connectivity index (χ1v) is 10.4. The van der Waals surface area contributed by atoms with E-state index >= 15 is 0 Å². The van der Waals surface area contributed by atoms with Gasteiger partial charge in [-0.3, -0.25) is 0 Å². The first kappa shape index (κ1) is 21.2. The number of benzene rings is 3. The number of imidazole rings is 1. The zero-order valence-electron chi connectivity index (χ0n) is 18.4. The number of para-hydroxylation sites is 3. The SMILES string of the molecule is Cc1cc(C(F)(F)F)ccc1-c1n(-c2c(C)cccc2C(C)C)c2ccccc2[n+]1C. The van der Waals surface area contributed by atoms with E-state index in [1.54, 1.807) is 13.0 Å². The molecule has 0 saturated heterocycles. The average molecular weight is 424 g/mol. The minimum atomic E-state index is -4.36. The van der Waals surface area contributed by atoms with Crippen LogP contribution in [0.2, 0.25) is 0 Å². The standard InChI is InChI=1S/C26H26F3N2/c1-16(2)20-10-8-9-17(3)24(20)31-23-12-7-6-11-22(23)30(5)25(31)21-14-13-19(15-18(21)4)26(27,28)29/h6-16H,1-5H3/q+1. The van der Waals surface area contributed by atoms with Crippen molar-refractivity contribution in [2.45, 2.75) is 39.8 Å². The van der Waals surface area contributed by atoms with Crippen LogP contribution in [0.15, 0.2) is 60.7 Å². The predicted molar refractivity (Wildman–Crippen MR) is 118 cm³/mol. The van der Waals surface area contributed by atoms with Crippen LogP contribution in [0.4, 0.5) is 13.2 Å². The van der Waals surface area contributed by atoms with Crippen LogP contribution in [0.3, 0.4) is 0 Å². The van der Waals surface area contributed by atoms with Gasteiger partial charge in [0.25, 0.3) is 5.82 Å². The summed E-state index contributed by atoms with van der Waals surface area (Å²) >= 11 is 0. The van der Waals surface area contributed by atoms with Crippen LogP contribution in [0.5, 0.6) is 0 Å². The molecule has 0 aliphatic rings. The van der Waals surface area contributed by atoms with Crippen molar-refractivity contribution >= 4 is 11.0 Å². The molecule has 1 heterocycles. The van der Waals surface area contributed by atoms with E-state index in [0.29, 0.717) is 11.5 Å². The largest absolute Gasteiger partial charge is 0.416 e. The van der Waals surface area contributed by atoms with Crippen molar-refractivity contribution in [2.24, 2.45) is 7.05 Å². The minimum Gasteiger partial charge on any atom is -0.225 e. The van der Waals surface area contributed by atoms with Gasteiger partial charge in [0, 0.05) is 5.56 Å². The zero-order valence-corrected chi connectivity index (χ0v) is 18.4. The molecule has 0 aliphatic heterocycles. The summed E-state index contributed by atoms with van der Waals surface area (Å²) in [4.78, 5) is 0. The number of alkyl halides is 3. The first-order valence-electron chi connectivity index (χ1n) is 10.4. The predicted octanol–water partition coefficient (Wildman–Crippen LogP) is 6.88. The molecule has 0 N–H and O–H groups in total. The number of aryl methyl sites for hydroxylation is 3. The van der Waals surface area contributed by atoms with Gasteiger partial charge in [0.15, 0.2) is 11.0 Å². The fraction of sp³-hybridized carbons (Fsp3) is 0.269. The van der Waals surface area contributed by atoms with Gasteiger partial charge in [0.2, 0.25) is 0 Å². The molecule has 0 saturated carbocycles. The summed E-state index contributed by atoms with van der Waals surface area (Å²) in [6, 6.07) is 18.4. The summed E-state index contributed by atoms with van der Waals surface area (Å²) in [5.41, 5.74) is 6.20. The van der Waals surface area contributed by atoms with E-state index in [1.807, 2.05) is 25.2 Å². The Morgan fingerprint density at radius 1 is 0.871 bits per heavy atom. The third-order valence-electron chi connectivity index (χ3n) is 5.92. The van der Waals surface area contributed by atoms with Crippen LogP contribution in [-0.4, -0.2) is 4.57 Å². The lowest BCUT2D eigenvalue weighted by molar-refractivity contribution is -0.633. The molecular weight excluding hydrogens is 397 g/mol. The topological polar surface area (TPSA) is 8.81 Å².